The molecule has 0 bridgehead atoms. The molecule has 2 heterocycles. The van der Waals surface area contributed by atoms with Gasteiger partial charge in [0.1, 0.15) is 5.66 Å². The second kappa shape index (κ2) is 2.87. The van der Waals surface area contributed by atoms with Gasteiger partial charge < -0.3 is 10.2 Å². The maximum Gasteiger partial charge on any atom is 0.117 e. The van der Waals surface area contributed by atoms with Crippen LogP contribution in [0.2, 0.25) is 0 Å². The van der Waals surface area contributed by atoms with E-state index in [1.807, 2.05) is 0 Å². The largest absolute Gasteiger partial charge is 0.365 e. The number of aryl methyl sites for hydroxylation is 1. The Morgan fingerprint density at radius 2 is 2.00 bits per heavy atom. The van der Waals surface area contributed by atoms with Gasteiger partial charge in [-0.25, -0.2) is 0 Å². The second-order valence-electron chi connectivity index (χ2n) is 6.03. The molecule has 1 fully saturated rings. The number of anilines is 1. The minimum atomic E-state index is -0.0415. The van der Waals surface area contributed by atoms with E-state index in [-0.39, 0.29) is 11.1 Å². The fourth-order valence-electron chi connectivity index (χ4n) is 3.27. The van der Waals surface area contributed by atoms with E-state index in [4.69, 9.17) is 0 Å². The minimum Gasteiger partial charge on any atom is -0.365 e. The summed E-state index contributed by atoms with van der Waals surface area (Å²) in [5.41, 5.74) is 5.30. The highest BCUT2D eigenvalue weighted by molar-refractivity contribution is 5.69. The van der Waals surface area contributed by atoms with Crippen molar-refractivity contribution in [3.8, 4) is 0 Å². The van der Waals surface area contributed by atoms with Gasteiger partial charge in [0.15, 0.2) is 0 Å². The molecule has 90 valence electrons. The minimum absolute atomic E-state index is 0.0415. The molecule has 2 heteroatoms. The SMILES string of the molecule is C=C1CN2c3ccc(C)cc3C(C)(C)C2(C)N1. The molecule has 1 saturated heterocycles. The third-order valence-corrected chi connectivity index (χ3v) is 4.64. The lowest BCUT2D eigenvalue weighted by atomic mass is 9.76. The first-order valence-electron chi connectivity index (χ1n) is 6.21. The van der Waals surface area contributed by atoms with Gasteiger partial charge in [0.25, 0.3) is 0 Å². The summed E-state index contributed by atoms with van der Waals surface area (Å²) in [5, 5.41) is 3.58. The molecule has 3 rings (SSSR count). The van der Waals surface area contributed by atoms with Crippen molar-refractivity contribution in [1.29, 1.82) is 0 Å². The second-order valence-corrected chi connectivity index (χ2v) is 6.03. The van der Waals surface area contributed by atoms with Gasteiger partial charge in [-0.1, -0.05) is 38.1 Å². The summed E-state index contributed by atoms with van der Waals surface area (Å²) in [5.74, 6) is 0. The molecule has 1 atom stereocenters. The van der Waals surface area contributed by atoms with E-state index in [0.717, 1.165) is 12.2 Å². The average molecular weight is 228 g/mol. The lowest BCUT2D eigenvalue weighted by Crippen LogP contribution is -2.56. The lowest BCUT2D eigenvalue weighted by Gasteiger charge is -2.40. The molecule has 1 N–H and O–H groups in total. The van der Waals surface area contributed by atoms with E-state index in [1.54, 1.807) is 0 Å². The van der Waals surface area contributed by atoms with Crippen molar-refractivity contribution in [2.24, 2.45) is 0 Å². The highest BCUT2D eigenvalue weighted by Crippen LogP contribution is 2.52. The summed E-state index contributed by atoms with van der Waals surface area (Å²) in [6, 6.07) is 6.77. The summed E-state index contributed by atoms with van der Waals surface area (Å²) in [4.78, 5) is 2.45. The molecule has 2 aliphatic rings. The molecule has 0 radical (unpaired) electrons. The molecule has 2 nitrogen and oxygen atoms in total. The smallest absolute Gasteiger partial charge is 0.117 e. The predicted octanol–water partition coefficient (Wildman–Crippen LogP) is 2.93. The molecule has 0 saturated carbocycles. The number of rotatable bonds is 0. The van der Waals surface area contributed by atoms with Crippen LogP contribution in [-0.4, -0.2) is 12.2 Å². The molecular weight excluding hydrogens is 208 g/mol. The normalized spacial score (nSPS) is 28.9. The standard InChI is InChI=1S/C15H20N2/c1-10-6-7-13-12(8-10)14(3,4)15(5)16-11(2)9-17(13)15/h6-8,16H,2,9H2,1,3-5H3. The van der Waals surface area contributed by atoms with Crippen molar-refractivity contribution in [3.63, 3.8) is 0 Å². The monoisotopic (exact) mass is 228 g/mol. The highest BCUT2D eigenvalue weighted by atomic mass is 15.4. The van der Waals surface area contributed by atoms with Gasteiger partial charge in [-0.05, 0) is 25.5 Å². The van der Waals surface area contributed by atoms with Gasteiger partial charge in [0.05, 0.1) is 6.54 Å². The lowest BCUT2D eigenvalue weighted by molar-refractivity contribution is 0.280. The quantitative estimate of drug-likeness (QED) is 0.734. The summed E-state index contributed by atoms with van der Waals surface area (Å²) in [7, 11) is 0. The van der Waals surface area contributed by atoms with Crippen LogP contribution in [0.3, 0.4) is 0 Å². The van der Waals surface area contributed by atoms with Gasteiger partial charge in [-0.3, -0.25) is 0 Å². The van der Waals surface area contributed by atoms with Crippen LogP contribution in [0.1, 0.15) is 31.9 Å². The summed E-state index contributed by atoms with van der Waals surface area (Å²) in [6.07, 6.45) is 0. The van der Waals surface area contributed by atoms with Gasteiger partial charge in [0.2, 0.25) is 0 Å². The Labute approximate surface area is 103 Å². The first-order valence-corrected chi connectivity index (χ1v) is 6.21. The Hall–Kier alpha value is -1.44. The fourth-order valence-corrected chi connectivity index (χ4v) is 3.27. The van der Waals surface area contributed by atoms with Crippen LogP contribution in [0.15, 0.2) is 30.5 Å². The van der Waals surface area contributed by atoms with Gasteiger partial charge in [-0.2, -0.15) is 0 Å². The summed E-state index contributed by atoms with van der Waals surface area (Å²) in [6.45, 7) is 14.1. The van der Waals surface area contributed by atoms with Crippen LogP contribution in [0.25, 0.3) is 0 Å². The zero-order valence-electron chi connectivity index (χ0n) is 11.1. The fraction of sp³-hybridized carbons (Fsp3) is 0.467. The average Bonchev–Trinajstić information content (AvgIpc) is 2.61. The van der Waals surface area contributed by atoms with Crippen molar-refractivity contribution in [2.75, 3.05) is 11.4 Å². The van der Waals surface area contributed by atoms with Gasteiger partial charge >= 0.3 is 0 Å². The number of benzene rings is 1. The molecular formula is C15H20N2. The molecule has 17 heavy (non-hydrogen) atoms. The van der Waals surface area contributed by atoms with Crippen LogP contribution in [0.5, 0.6) is 0 Å². The van der Waals surface area contributed by atoms with Crippen LogP contribution in [0, 0.1) is 6.92 Å². The first-order chi connectivity index (χ1) is 7.86. The molecule has 1 aromatic carbocycles. The number of hydrogen-bond donors (Lipinski definition) is 1. The third-order valence-electron chi connectivity index (χ3n) is 4.64. The van der Waals surface area contributed by atoms with Crippen molar-refractivity contribution >= 4 is 5.69 Å². The maximum atomic E-state index is 4.09. The van der Waals surface area contributed by atoms with Crippen LogP contribution < -0.4 is 10.2 Å². The van der Waals surface area contributed by atoms with Crippen LogP contribution in [0.4, 0.5) is 5.69 Å². The Kier molecular flexibility index (Phi) is 1.80. The molecule has 2 aliphatic heterocycles. The van der Waals surface area contributed by atoms with E-state index in [0.29, 0.717) is 0 Å². The molecule has 0 spiro atoms. The number of hydrogen-bond acceptors (Lipinski definition) is 2. The molecule has 0 aliphatic carbocycles. The van der Waals surface area contributed by atoms with E-state index >= 15 is 0 Å². The van der Waals surface area contributed by atoms with Crippen molar-refractivity contribution < 1.29 is 0 Å². The van der Waals surface area contributed by atoms with Crippen molar-refractivity contribution in [2.45, 2.75) is 38.8 Å². The molecule has 0 amide bonds. The topological polar surface area (TPSA) is 15.3 Å². The highest BCUT2D eigenvalue weighted by Gasteiger charge is 2.56. The van der Waals surface area contributed by atoms with E-state index in [2.05, 4.69) is 62.7 Å². The van der Waals surface area contributed by atoms with Crippen molar-refractivity contribution in [3.05, 3.63) is 41.6 Å². The van der Waals surface area contributed by atoms with Crippen LogP contribution in [-0.2, 0) is 5.41 Å². The zero-order chi connectivity index (χ0) is 12.4. The third kappa shape index (κ3) is 1.11. The number of fused-ring (bicyclic) bond motifs is 3. The Morgan fingerprint density at radius 3 is 2.71 bits per heavy atom. The summed E-state index contributed by atoms with van der Waals surface area (Å²) < 4.78 is 0. The predicted molar refractivity (Wildman–Crippen MR) is 72.2 cm³/mol. The zero-order valence-corrected chi connectivity index (χ0v) is 11.1. The maximum absolute atomic E-state index is 4.09. The van der Waals surface area contributed by atoms with E-state index in [1.165, 1.54) is 16.8 Å². The number of nitrogens with zero attached hydrogens (tertiary/aromatic N) is 1. The molecule has 0 aromatic heterocycles. The Bertz CT molecular complexity index is 516. The van der Waals surface area contributed by atoms with E-state index < -0.39 is 0 Å². The summed E-state index contributed by atoms with van der Waals surface area (Å²) >= 11 is 0. The van der Waals surface area contributed by atoms with Gasteiger partial charge in [-0.15, -0.1) is 0 Å². The number of nitrogens with one attached hydrogen (secondary N) is 1. The Balaban J connectivity index is 2.26. The molecule has 1 unspecified atom stereocenters. The molecule has 1 aromatic rings. The van der Waals surface area contributed by atoms with Gasteiger partial charge in [0, 0.05) is 16.8 Å². The first kappa shape index (κ1) is 10.7. The van der Waals surface area contributed by atoms with Crippen LogP contribution >= 0.6 is 0 Å². The van der Waals surface area contributed by atoms with E-state index in [9.17, 15) is 0 Å². The van der Waals surface area contributed by atoms with Crippen molar-refractivity contribution in [1.82, 2.24) is 5.32 Å². The Morgan fingerprint density at radius 1 is 1.29 bits per heavy atom.